The summed E-state index contributed by atoms with van der Waals surface area (Å²) in [5.41, 5.74) is 0. The minimum Gasteiger partial charge on any atom is -0.452 e. The van der Waals surface area contributed by atoms with E-state index < -0.39 is 0 Å². The van der Waals surface area contributed by atoms with E-state index in [-0.39, 0.29) is 6.73 Å². The molecule has 0 heterocycles. The molecule has 0 bridgehead atoms. The van der Waals surface area contributed by atoms with Gasteiger partial charge in [0.1, 0.15) is 6.73 Å². The lowest BCUT2D eigenvalue weighted by Gasteiger charge is -1.95. The van der Waals surface area contributed by atoms with Crippen molar-refractivity contribution in [3.05, 3.63) is 12.7 Å². The fourth-order valence-corrected chi connectivity index (χ4v) is 0.254. The van der Waals surface area contributed by atoms with Gasteiger partial charge >= 0.3 is 0 Å². The van der Waals surface area contributed by atoms with Gasteiger partial charge in [-0.1, -0.05) is 6.08 Å². The van der Waals surface area contributed by atoms with Crippen LogP contribution in [-0.4, -0.2) is 19.7 Å². The predicted octanol–water partition coefficient (Wildman–Crippen LogP) is -0.108. The average Bonchev–Trinajstić information content (AvgIpc) is 1.81. The molecule has 0 aliphatic heterocycles. The normalized spacial score (nSPS) is 8.00. The quantitative estimate of drug-likeness (QED) is 0.235. The van der Waals surface area contributed by atoms with Crippen LogP contribution in [0.25, 0.3) is 0 Å². The van der Waals surface area contributed by atoms with E-state index in [0.717, 1.165) is 0 Å². The first kappa shape index (κ1) is 7.17. The molecular formula is C5H9NO2. The molecule has 3 heteroatoms. The molecule has 0 saturated carbocycles. The first-order valence-corrected chi connectivity index (χ1v) is 2.28. The van der Waals surface area contributed by atoms with Crippen molar-refractivity contribution in [1.29, 1.82) is 0 Å². The second-order valence-electron chi connectivity index (χ2n) is 1.15. The number of ether oxygens (including phenoxy) is 1. The summed E-state index contributed by atoms with van der Waals surface area (Å²) in [5, 5.41) is 2.76. The minimum atomic E-state index is 0.259. The summed E-state index contributed by atoms with van der Waals surface area (Å²) < 4.78 is 4.30. The van der Waals surface area contributed by atoms with E-state index in [1.807, 2.05) is 0 Å². The zero-order valence-electron chi connectivity index (χ0n) is 4.59. The highest BCUT2D eigenvalue weighted by Gasteiger charge is 1.76. The van der Waals surface area contributed by atoms with Crippen LogP contribution in [0.5, 0.6) is 0 Å². The van der Waals surface area contributed by atoms with E-state index in [9.17, 15) is 4.79 Å². The van der Waals surface area contributed by atoms with Gasteiger partial charge in [0.2, 0.25) is 0 Å². The van der Waals surface area contributed by atoms with E-state index in [2.05, 4.69) is 16.6 Å². The molecule has 0 aromatic carbocycles. The van der Waals surface area contributed by atoms with E-state index >= 15 is 0 Å². The SMILES string of the molecule is C=CCNCOC=O. The zero-order chi connectivity index (χ0) is 6.24. The number of hydrogen-bond acceptors (Lipinski definition) is 3. The van der Waals surface area contributed by atoms with E-state index in [4.69, 9.17) is 0 Å². The second kappa shape index (κ2) is 6.17. The number of nitrogens with one attached hydrogen (secondary N) is 1. The molecule has 0 spiro atoms. The summed E-state index contributed by atoms with van der Waals surface area (Å²) in [6.07, 6.45) is 1.69. The Morgan fingerprint density at radius 3 is 3.00 bits per heavy atom. The molecule has 0 amide bonds. The summed E-state index contributed by atoms with van der Waals surface area (Å²) in [7, 11) is 0. The molecule has 0 unspecified atom stereocenters. The van der Waals surface area contributed by atoms with Crippen molar-refractivity contribution in [1.82, 2.24) is 5.32 Å². The molecule has 0 aliphatic rings. The van der Waals surface area contributed by atoms with Crippen LogP contribution in [0, 0.1) is 0 Å². The van der Waals surface area contributed by atoms with Crippen molar-refractivity contribution in [2.45, 2.75) is 0 Å². The van der Waals surface area contributed by atoms with Crippen molar-refractivity contribution in [3.63, 3.8) is 0 Å². The van der Waals surface area contributed by atoms with Gasteiger partial charge in [-0.15, -0.1) is 6.58 Å². The van der Waals surface area contributed by atoms with Crippen LogP contribution in [0.4, 0.5) is 0 Å². The molecule has 0 rings (SSSR count). The van der Waals surface area contributed by atoms with Gasteiger partial charge in [-0.3, -0.25) is 10.1 Å². The third-order valence-electron chi connectivity index (χ3n) is 0.542. The highest BCUT2D eigenvalue weighted by molar-refractivity contribution is 5.36. The second-order valence-corrected chi connectivity index (χ2v) is 1.15. The van der Waals surface area contributed by atoms with E-state index in [1.165, 1.54) is 0 Å². The number of carbonyl (C=O) groups is 1. The molecule has 0 saturated heterocycles. The molecular weight excluding hydrogens is 106 g/mol. The smallest absolute Gasteiger partial charge is 0.294 e. The fraction of sp³-hybridized carbons (Fsp3) is 0.400. The lowest BCUT2D eigenvalue weighted by molar-refractivity contribution is -0.129. The summed E-state index contributed by atoms with van der Waals surface area (Å²) >= 11 is 0. The van der Waals surface area contributed by atoms with Crippen molar-refractivity contribution >= 4 is 6.47 Å². The van der Waals surface area contributed by atoms with Crippen LogP contribution in [0.1, 0.15) is 0 Å². The average molecular weight is 115 g/mol. The maximum atomic E-state index is 9.48. The van der Waals surface area contributed by atoms with Gasteiger partial charge in [-0.25, -0.2) is 0 Å². The van der Waals surface area contributed by atoms with Gasteiger partial charge in [0.15, 0.2) is 0 Å². The number of hydrogen-bond donors (Lipinski definition) is 1. The molecule has 0 radical (unpaired) electrons. The van der Waals surface area contributed by atoms with Crippen molar-refractivity contribution < 1.29 is 9.53 Å². The first-order chi connectivity index (χ1) is 3.91. The van der Waals surface area contributed by atoms with Crippen LogP contribution >= 0.6 is 0 Å². The van der Waals surface area contributed by atoms with Crippen molar-refractivity contribution in [3.8, 4) is 0 Å². The summed E-state index contributed by atoms with van der Waals surface area (Å²) in [5.74, 6) is 0. The standard InChI is InChI=1S/C5H9NO2/c1-2-3-6-4-8-5-7/h2,5-6H,1,3-4H2. The Balaban J connectivity index is 2.71. The van der Waals surface area contributed by atoms with Crippen LogP contribution in [0.15, 0.2) is 12.7 Å². The minimum absolute atomic E-state index is 0.259. The Morgan fingerprint density at radius 2 is 2.50 bits per heavy atom. The maximum absolute atomic E-state index is 9.48. The van der Waals surface area contributed by atoms with Gasteiger partial charge < -0.3 is 4.74 Å². The third kappa shape index (κ3) is 5.17. The molecule has 0 aliphatic carbocycles. The molecule has 46 valence electrons. The number of rotatable bonds is 5. The van der Waals surface area contributed by atoms with Gasteiger partial charge in [0.05, 0.1) is 0 Å². The van der Waals surface area contributed by atoms with Gasteiger partial charge in [0, 0.05) is 6.54 Å². The lowest BCUT2D eigenvalue weighted by atomic mass is 10.6. The molecule has 1 N–H and O–H groups in total. The van der Waals surface area contributed by atoms with Gasteiger partial charge in [-0.2, -0.15) is 0 Å². The Bertz CT molecular complexity index is 62.8. The molecule has 0 fully saturated rings. The fourth-order valence-electron chi connectivity index (χ4n) is 0.254. The van der Waals surface area contributed by atoms with Gasteiger partial charge in [0.25, 0.3) is 6.47 Å². The molecule has 8 heavy (non-hydrogen) atoms. The van der Waals surface area contributed by atoms with Crippen molar-refractivity contribution in [2.24, 2.45) is 0 Å². The van der Waals surface area contributed by atoms with E-state index in [1.54, 1.807) is 6.08 Å². The summed E-state index contributed by atoms with van der Waals surface area (Å²) in [4.78, 5) is 9.48. The van der Waals surface area contributed by atoms with Crippen LogP contribution in [0.2, 0.25) is 0 Å². The monoisotopic (exact) mass is 115 g/mol. The Kier molecular flexibility index (Phi) is 5.53. The van der Waals surface area contributed by atoms with Crippen LogP contribution in [0.3, 0.4) is 0 Å². The molecule has 0 aromatic heterocycles. The largest absolute Gasteiger partial charge is 0.452 e. The molecule has 0 atom stereocenters. The highest BCUT2D eigenvalue weighted by Crippen LogP contribution is 1.60. The number of carbonyl (C=O) groups excluding carboxylic acids is 1. The maximum Gasteiger partial charge on any atom is 0.294 e. The Morgan fingerprint density at radius 1 is 1.75 bits per heavy atom. The van der Waals surface area contributed by atoms with E-state index in [0.29, 0.717) is 13.0 Å². The topological polar surface area (TPSA) is 38.3 Å². The zero-order valence-corrected chi connectivity index (χ0v) is 4.59. The first-order valence-electron chi connectivity index (χ1n) is 2.28. The predicted molar refractivity (Wildman–Crippen MR) is 30.2 cm³/mol. The lowest BCUT2D eigenvalue weighted by Crippen LogP contribution is -2.16. The van der Waals surface area contributed by atoms with Crippen LogP contribution in [-0.2, 0) is 9.53 Å². The summed E-state index contributed by atoms with van der Waals surface area (Å²) in [6.45, 7) is 4.77. The third-order valence-corrected chi connectivity index (χ3v) is 0.542. The van der Waals surface area contributed by atoms with Crippen molar-refractivity contribution in [2.75, 3.05) is 13.3 Å². The highest BCUT2D eigenvalue weighted by atomic mass is 16.5. The molecule has 3 nitrogen and oxygen atoms in total. The summed E-state index contributed by atoms with van der Waals surface area (Å²) in [6, 6.07) is 0. The Hall–Kier alpha value is -0.830. The van der Waals surface area contributed by atoms with Gasteiger partial charge in [-0.05, 0) is 0 Å². The van der Waals surface area contributed by atoms with Crippen LogP contribution < -0.4 is 5.32 Å². The Labute approximate surface area is 48.3 Å². The molecule has 0 aromatic rings.